The van der Waals surface area contributed by atoms with Crippen LogP contribution in [-0.2, 0) is 16.1 Å². The number of imide groups is 1. The monoisotopic (exact) mass is 328 g/mol. The maximum Gasteiger partial charge on any atom is 0.338 e. The lowest BCUT2D eigenvalue weighted by Crippen LogP contribution is -2.37. The predicted molar refractivity (Wildman–Crippen MR) is 85.2 cm³/mol. The van der Waals surface area contributed by atoms with Gasteiger partial charge in [0, 0.05) is 0 Å². The van der Waals surface area contributed by atoms with Gasteiger partial charge in [0.05, 0.1) is 5.56 Å². The highest BCUT2D eigenvalue weighted by atomic mass is 16.5. The fourth-order valence-electron chi connectivity index (χ4n) is 1.84. The average molecular weight is 328 g/mol. The first-order valence-electron chi connectivity index (χ1n) is 7.08. The van der Waals surface area contributed by atoms with Gasteiger partial charge in [-0.2, -0.15) is 0 Å². The molecule has 0 radical (unpaired) electrons. The van der Waals surface area contributed by atoms with E-state index in [4.69, 9.17) is 15.2 Å². The molecule has 3 N–H and O–H groups in total. The number of hydrogen-bond donors (Lipinski definition) is 2. The van der Waals surface area contributed by atoms with E-state index in [1.54, 1.807) is 17.4 Å². The van der Waals surface area contributed by atoms with Crippen LogP contribution in [-0.4, -0.2) is 24.5 Å². The van der Waals surface area contributed by atoms with E-state index in [0.29, 0.717) is 12.4 Å². The quantitative estimate of drug-likeness (QED) is 0.783. The summed E-state index contributed by atoms with van der Waals surface area (Å²) in [6.45, 7) is -0.239. The van der Waals surface area contributed by atoms with E-state index in [-0.39, 0.29) is 5.56 Å². The molecule has 0 bridgehead atoms. The van der Waals surface area contributed by atoms with Crippen molar-refractivity contribution in [1.82, 2.24) is 5.32 Å². The molecule has 0 aliphatic carbocycles. The third-order valence-electron chi connectivity index (χ3n) is 2.92. The fourth-order valence-corrected chi connectivity index (χ4v) is 1.84. The second-order valence-electron chi connectivity index (χ2n) is 4.79. The molecule has 0 atom stereocenters. The van der Waals surface area contributed by atoms with Crippen molar-refractivity contribution in [2.75, 3.05) is 6.61 Å². The molecule has 0 fully saturated rings. The molecule has 124 valence electrons. The summed E-state index contributed by atoms with van der Waals surface area (Å²) in [5, 5.41) is 1.80. The van der Waals surface area contributed by atoms with Gasteiger partial charge in [0.1, 0.15) is 12.4 Å². The number of rotatable bonds is 6. The van der Waals surface area contributed by atoms with Crippen LogP contribution in [0.25, 0.3) is 0 Å². The lowest BCUT2D eigenvalue weighted by Gasteiger charge is -2.08. The number of primary amides is 1. The van der Waals surface area contributed by atoms with Gasteiger partial charge in [-0.3, -0.25) is 10.1 Å². The number of ether oxygens (including phenoxy) is 2. The normalized spacial score (nSPS) is 9.83. The van der Waals surface area contributed by atoms with Gasteiger partial charge in [-0.05, 0) is 23.8 Å². The minimum Gasteiger partial charge on any atom is -0.489 e. The van der Waals surface area contributed by atoms with Crippen LogP contribution in [0.4, 0.5) is 4.79 Å². The standard InChI is InChI=1S/C17H16N2O5/c18-17(22)19-15(20)11-24-16(21)13-7-4-8-14(9-13)23-10-12-5-2-1-3-6-12/h1-9H,10-11H2,(H3,18,19,20,22). The Hall–Kier alpha value is -3.35. The van der Waals surface area contributed by atoms with Crippen LogP contribution in [0.15, 0.2) is 54.6 Å². The minimum atomic E-state index is -1.01. The van der Waals surface area contributed by atoms with E-state index in [0.717, 1.165) is 5.56 Å². The van der Waals surface area contributed by atoms with Crippen molar-refractivity contribution in [1.29, 1.82) is 0 Å². The fraction of sp³-hybridized carbons (Fsp3) is 0.118. The molecule has 7 heteroatoms. The predicted octanol–water partition coefficient (Wildman–Crippen LogP) is 1.62. The number of benzene rings is 2. The molecule has 24 heavy (non-hydrogen) atoms. The Bertz CT molecular complexity index is 731. The highest BCUT2D eigenvalue weighted by Crippen LogP contribution is 2.16. The topological polar surface area (TPSA) is 108 Å². The number of amides is 3. The van der Waals surface area contributed by atoms with Gasteiger partial charge >= 0.3 is 12.0 Å². The number of carbonyl (C=O) groups is 3. The third-order valence-corrected chi connectivity index (χ3v) is 2.92. The van der Waals surface area contributed by atoms with Gasteiger partial charge in [-0.25, -0.2) is 9.59 Å². The number of esters is 1. The van der Waals surface area contributed by atoms with Crippen LogP contribution in [0, 0.1) is 0 Å². The van der Waals surface area contributed by atoms with Crippen molar-refractivity contribution in [3.63, 3.8) is 0 Å². The van der Waals surface area contributed by atoms with E-state index in [1.807, 2.05) is 30.3 Å². The van der Waals surface area contributed by atoms with E-state index in [1.165, 1.54) is 12.1 Å². The van der Waals surface area contributed by atoms with Crippen LogP contribution in [0.3, 0.4) is 0 Å². The molecule has 0 heterocycles. The number of hydrogen-bond acceptors (Lipinski definition) is 5. The molecule has 0 saturated heterocycles. The van der Waals surface area contributed by atoms with Crippen molar-refractivity contribution >= 4 is 17.9 Å². The van der Waals surface area contributed by atoms with Crippen molar-refractivity contribution < 1.29 is 23.9 Å². The van der Waals surface area contributed by atoms with E-state index < -0.39 is 24.5 Å². The van der Waals surface area contributed by atoms with Crippen molar-refractivity contribution in [2.24, 2.45) is 5.73 Å². The van der Waals surface area contributed by atoms with E-state index >= 15 is 0 Å². The summed E-state index contributed by atoms with van der Waals surface area (Å²) < 4.78 is 10.4. The maximum atomic E-state index is 11.9. The molecule has 0 aromatic heterocycles. The van der Waals surface area contributed by atoms with Crippen LogP contribution in [0.5, 0.6) is 5.75 Å². The highest BCUT2D eigenvalue weighted by molar-refractivity contribution is 5.96. The van der Waals surface area contributed by atoms with Gasteiger partial charge in [-0.1, -0.05) is 36.4 Å². The molecule has 7 nitrogen and oxygen atoms in total. The zero-order valence-corrected chi connectivity index (χ0v) is 12.7. The number of nitrogens with one attached hydrogen (secondary N) is 1. The molecule has 0 saturated carbocycles. The van der Waals surface area contributed by atoms with Gasteiger partial charge in [0.15, 0.2) is 6.61 Å². The Morgan fingerprint density at radius 2 is 1.75 bits per heavy atom. The van der Waals surface area contributed by atoms with Crippen molar-refractivity contribution in [3.8, 4) is 5.75 Å². The lowest BCUT2D eigenvalue weighted by molar-refractivity contribution is -0.123. The molecule has 2 rings (SSSR count). The Labute approximate surface area is 138 Å². The molecule has 0 aliphatic heterocycles. The minimum absolute atomic E-state index is 0.229. The number of nitrogens with two attached hydrogens (primary N) is 1. The van der Waals surface area contributed by atoms with Crippen LogP contribution in [0.2, 0.25) is 0 Å². The SMILES string of the molecule is NC(=O)NC(=O)COC(=O)c1cccc(OCc2ccccc2)c1. The van der Waals surface area contributed by atoms with Gasteiger partial charge in [-0.15, -0.1) is 0 Å². The van der Waals surface area contributed by atoms with Crippen molar-refractivity contribution in [2.45, 2.75) is 6.61 Å². The number of carbonyl (C=O) groups excluding carboxylic acids is 3. The molecule has 0 unspecified atom stereocenters. The van der Waals surface area contributed by atoms with Gasteiger partial charge in [0.2, 0.25) is 0 Å². The van der Waals surface area contributed by atoms with Gasteiger partial charge < -0.3 is 15.2 Å². The van der Waals surface area contributed by atoms with Crippen LogP contribution >= 0.6 is 0 Å². The summed E-state index contributed by atoms with van der Waals surface area (Å²) in [6.07, 6.45) is 0. The Morgan fingerprint density at radius 1 is 1.00 bits per heavy atom. The Kier molecular flexibility index (Phi) is 5.90. The molecule has 0 aliphatic rings. The maximum absolute atomic E-state index is 11.9. The van der Waals surface area contributed by atoms with E-state index in [2.05, 4.69) is 0 Å². The summed E-state index contributed by atoms with van der Waals surface area (Å²) in [5.74, 6) is -1.01. The Balaban J connectivity index is 1.90. The first kappa shape index (κ1) is 17.0. The second kappa shape index (κ2) is 8.33. The zero-order valence-electron chi connectivity index (χ0n) is 12.7. The summed E-state index contributed by atoms with van der Waals surface area (Å²) in [6, 6.07) is 15.0. The number of urea groups is 1. The smallest absolute Gasteiger partial charge is 0.338 e. The molecule has 0 spiro atoms. The molecule has 2 aromatic carbocycles. The highest BCUT2D eigenvalue weighted by Gasteiger charge is 2.12. The lowest BCUT2D eigenvalue weighted by atomic mass is 10.2. The van der Waals surface area contributed by atoms with E-state index in [9.17, 15) is 14.4 Å². The average Bonchev–Trinajstić information content (AvgIpc) is 2.58. The molecule has 3 amide bonds. The summed E-state index contributed by atoms with van der Waals surface area (Å²) in [4.78, 5) is 33.6. The van der Waals surface area contributed by atoms with Crippen molar-refractivity contribution in [3.05, 3.63) is 65.7 Å². The first-order chi connectivity index (χ1) is 11.5. The first-order valence-corrected chi connectivity index (χ1v) is 7.08. The molecular weight excluding hydrogens is 312 g/mol. The molecular formula is C17H16N2O5. The van der Waals surface area contributed by atoms with Crippen LogP contribution in [0.1, 0.15) is 15.9 Å². The summed E-state index contributed by atoms with van der Waals surface area (Å²) in [5.41, 5.74) is 6.01. The zero-order chi connectivity index (χ0) is 17.4. The Morgan fingerprint density at radius 3 is 2.46 bits per heavy atom. The molecule has 2 aromatic rings. The van der Waals surface area contributed by atoms with Gasteiger partial charge in [0.25, 0.3) is 5.91 Å². The second-order valence-corrected chi connectivity index (χ2v) is 4.79. The third kappa shape index (κ3) is 5.45. The van der Waals surface area contributed by atoms with Crippen LogP contribution < -0.4 is 15.8 Å². The summed E-state index contributed by atoms with van der Waals surface area (Å²) in [7, 11) is 0. The summed E-state index contributed by atoms with van der Waals surface area (Å²) >= 11 is 0. The largest absolute Gasteiger partial charge is 0.489 e.